The molecule has 0 aliphatic carbocycles. The van der Waals surface area contributed by atoms with Crippen molar-refractivity contribution in [2.24, 2.45) is 0 Å². The van der Waals surface area contributed by atoms with Crippen LogP contribution in [-0.4, -0.2) is 8.42 Å². The largest absolute Gasteiger partial charge is 0.241 e. The fraction of sp³-hybridized carbons (Fsp3) is 0.294. The molecule has 0 aliphatic rings. The Morgan fingerprint density at radius 3 is 2.32 bits per heavy atom. The zero-order valence-electron chi connectivity index (χ0n) is 13.1. The van der Waals surface area contributed by atoms with E-state index in [9.17, 15) is 12.8 Å². The van der Waals surface area contributed by atoms with Crippen LogP contribution in [0.15, 0.2) is 41.3 Å². The normalized spacial score (nSPS) is 13.1. The fourth-order valence-corrected chi connectivity index (χ4v) is 3.95. The molecule has 0 aromatic heterocycles. The van der Waals surface area contributed by atoms with Crippen LogP contribution in [0.1, 0.15) is 35.2 Å². The third-order valence-electron chi connectivity index (χ3n) is 3.66. The van der Waals surface area contributed by atoms with Crippen molar-refractivity contribution < 1.29 is 12.8 Å². The summed E-state index contributed by atoms with van der Waals surface area (Å²) >= 11 is 0. The molecular formula is C17H20FNO2S. The van der Waals surface area contributed by atoms with E-state index in [1.54, 1.807) is 13.8 Å². The van der Waals surface area contributed by atoms with Crippen molar-refractivity contribution >= 4 is 10.0 Å². The Labute approximate surface area is 131 Å². The molecule has 0 saturated heterocycles. The molecule has 0 heterocycles. The Morgan fingerprint density at radius 2 is 1.68 bits per heavy atom. The van der Waals surface area contributed by atoms with Gasteiger partial charge in [0.05, 0.1) is 4.90 Å². The fourth-order valence-electron chi connectivity index (χ4n) is 2.50. The Hall–Kier alpha value is -1.72. The number of benzene rings is 2. The average Bonchev–Trinajstić information content (AvgIpc) is 2.40. The smallest absolute Gasteiger partial charge is 0.207 e. The quantitative estimate of drug-likeness (QED) is 0.931. The second-order valence-electron chi connectivity index (χ2n) is 5.61. The molecule has 118 valence electrons. The molecule has 2 aromatic carbocycles. The van der Waals surface area contributed by atoms with Gasteiger partial charge in [-0.1, -0.05) is 23.8 Å². The summed E-state index contributed by atoms with van der Waals surface area (Å²) in [6.07, 6.45) is 0. The number of halogens is 1. The first-order chi connectivity index (χ1) is 10.2. The maximum Gasteiger partial charge on any atom is 0.241 e. The molecule has 0 saturated carbocycles. The molecule has 5 heteroatoms. The van der Waals surface area contributed by atoms with Gasteiger partial charge in [0.25, 0.3) is 0 Å². The summed E-state index contributed by atoms with van der Waals surface area (Å²) in [5, 5.41) is 0. The SMILES string of the molecule is Cc1ccc(C)c(C(C)NS(=O)(=O)c2ccc(F)cc2C)c1. The van der Waals surface area contributed by atoms with Crippen LogP contribution < -0.4 is 4.72 Å². The van der Waals surface area contributed by atoms with Crippen LogP contribution in [0.25, 0.3) is 0 Å². The van der Waals surface area contributed by atoms with Crippen LogP contribution in [0.2, 0.25) is 0 Å². The van der Waals surface area contributed by atoms with Crippen molar-refractivity contribution in [2.45, 2.75) is 38.6 Å². The molecule has 2 aromatic rings. The lowest BCUT2D eigenvalue weighted by atomic mass is 10.0. The van der Waals surface area contributed by atoms with Crippen molar-refractivity contribution in [1.82, 2.24) is 4.72 Å². The van der Waals surface area contributed by atoms with E-state index in [-0.39, 0.29) is 10.9 Å². The van der Waals surface area contributed by atoms with E-state index >= 15 is 0 Å². The lowest BCUT2D eigenvalue weighted by Crippen LogP contribution is -2.28. The minimum absolute atomic E-state index is 0.103. The summed E-state index contributed by atoms with van der Waals surface area (Å²) in [6.45, 7) is 7.30. The van der Waals surface area contributed by atoms with Crippen LogP contribution in [0.3, 0.4) is 0 Å². The predicted molar refractivity (Wildman–Crippen MR) is 85.8 cm³/mol. The Kier molecular flexibility index (Phi) is 4.68. The maximum atomic E-state index is 13.1. The molecule has 1 unspecified atom stereocenters. The number of sulfonamides is 1. The molecule has 0 radical (unpaired) electrons. The van der Waals surface area contributed by atoms with E-state index in [1.165, 1.54) is 12.1 Å². The molecule has 0 amide bonds. The zero-order chi connectivity index (χ0) is 16.5. The van der Waals surface area contributed by atoms with Crippen LogP contribution >= 0.6 is 0 Å². The highest BCUT2D eigenvalue weighted by molar-refractivity contribution is 7.89. The van der Waals surface area contributed by atoms with Crippen LogP contribution in [0.5, 0.6) is 0 Å². The molecule has 1 atom stereocenters. The monoisotopic (exact) mass is 321 g/mol. The second kappa shape index (κ2) is 6.18. The summed E-state index contributed by atoms with van der Waals surface area (Å²) in [7, 11) is -3.70. The first-order valence-electron chi connectivity index (χ1n) is 7.06. The van der Waals surface area contributed by atoms with Gasteiger partial charge in [-0.3, -0.25) is 0 Å². The van der Waals surface area contributed by atoms with Gasteiger partial charge in [0.2, 0.25) is 10.0 Å². The standard InChI is InChI=1S/C17H20FNO2S/c1-11-5-6-12(2)16(9-11)14(4)19-22(20,21)17-8-7-15(18)10-13(17)3/h5-10,14,19H,1-4H3. The minimum atomic E-state index is -3.70. The van der Waals surface area contributed by atoms with Crippen LogP contribution in [0, 0.1) is 26.6 Å². The highest BCUT2D eigenvalue weighted by atomic mass is 32.2. The highest BCUT2D eigenvalue weighted by Crippen LogP contribution is 2.23. The summed E-state index contributed by atoms with van der Waals surface area (Å²) in [5.74, 6) is -0.445. The van der Waals surface area contributed by atoms with Gasteiger partial charge in [0, 0.05) is 6.04 Å². The van der Waals surface area contributed by atoms with E-state index in [0.29, 0.717) is 5.56 Å². The maximum absolute atomic E-state index is 13.1. The van der Waals surface area contributed by atoms with Gasteiger partial charge in [0.1, 0.15) is 5.82 Å². The van der Waals surface area contributed by atoms with Gasteiger partial charge in [-0.2, -0.15) is 0 Å². The third-order valence-corrected chi connectivity index (χ3v) is 5.36. The summed E-state index contributed by atoms with van der Waals surface area (Å²) in [4.78, 5) is 0.103. The van der Waals surface area contributed by atoms with E-state index in [4.69, 9.17) is 0 Å². The molecule has 22 heavy (non-hydrogen) atoms. The lowest BCUT2D eigenvalue weighted by Gasteiger charge is -2.18. The molecule has 1 N–H and O–H groups in total. The minimum Gasteiger partial charge on any atom is -0.207 e. The lowest BCUT2D eigenvalue weighted by molar-refractivity contribution is 0.565. The van der Waals surface area contributed by atoms with Gasteiger partial charge >= 0.3 is 0 Å². The Bertz CT molecular complexity index is 800. The number of hydrogen-bond acceptors (Lipinski definition) is 2. The number of hydrogen-bond donors (Lipinski definition) is 1. The molecule has 0 fully saturated rings. The van der Waals surface area contributed by atoms with Crippen molar-refractivity contribution in [3.05, 3.63) is 64.5 Å². The Balaban J connectivity index is 2.34. The van der Waals surface area contributed by atoms with Gasteiger partial charge in [0.15, 0.2) is 0 Å². The van der Waals surface area contributed by atoms with Crippen molar-refractivity contribution in [1.29, 1.82) is 0 Å². The number of nitrogens with one attached hydrogen (secondary N) is 1. The van der Waals surface area contributed by atoms with Crippen molar-refractivity contribution in [2.75, 3.05) is 0 Å². The second-order valence-corrected chi connectivity index (χ2v) is 7.30. The molecular weight excluding hydrogens is 301 g/mol. The molecule has 0 bridgehead atoms. The van der Waals surface area contributed by atoms with Gasteiger partial charge in [-0.25, -0.2) is 17.5 Å². The van der Waals surface area contributed by atoms with Gasteiger partial charge < -0.3 is 0 Å². The van der Waals surface area contributed by atoms with Crippen molar-refractivity contribution in [3.8, 4) is 0 Å². The highest BCUT2D eigenvalue weighted by Gasteiger charge is 2.21. The number of rotatable bonds is 4. The number of aryl methyl sites for hydroxylation is 3. The average molecular weight is 321 g/mol. The third kappa shape index (κ3) is 3.54. The van der Waals surface area contributed by atoms with Gasteiger partial charge in [-0.05, 0) is 62.6 Å². The van der Waals surface area contributed by atoms with Crippen LogP contribution in [0.4, 0.5) is 4.39 Å². The van der Waals surface area contributed by atoms with Crippen molar-refractivity contribution in [3.63, 3.8) is 0 Å². The van der Waals surface area contributed by atoms with E-state index in [2.05, 4.69) is 4.72 Å². The summed E-state index contributed by atoms with van der Waals surface area (Å²) < 4.78 is 40.8. The predicted octanol–water partition coefficient (Wildman–Crippen LogP) is 3.79. The molecule has 0 aliphatic heterocycles. The van der Waals surface area contributed by atoms with E-state index in [1.807, 2.05) is 32.0 Å². The first-order valence-corrected chi connectivity index (χ1v) is 8.54. The molecule has 0 spiro atoms. The zero-order valence-corrected chi connectivity index (χ0v) is 14.0. The van der Waals surface area contributed by atoms with Crippen LogP contribution in [-0.2, 0) is 10.0 Å². The van der Waals surface area contributed by atoms with E-state index in [0.717, 1.165) is 22.8 Å². The van der Waals surface area contributed by atoms with Gasteiger partial charge in [-0.15, -0.1) is 0 Å². The topological polar surface area (TPSA) is 46.2 Å². The summed E-state index contributed by atoms with van der Waals surface area (Å²) in [6, 6.07) is 9.24. The van der Waals surface area contributed by atoms with E-state index < -0.39 is 15.8 Å². The summed E-state index contributed by atoms with van der Waals surface area (Å²) in [5.41, 5.74) is 3.42. The molecule has 2 rings (SSSR count). The first kappa shape index (κ1) is 16.6. The Morgan fingerprint density at radius 1 is 1.00 bits per heavy atom. The molecule has 3 nitrogen and oxygen atoms in total.